The molecule has 3 aromatic heterocycles. The molecule has 4 saturated heterocycles. The number of pyridine rings is 1. The number of amides is 4. The minimum absolute atomic E-state index is 0.0534. The number of hydrogen-bond acceptors (Lipinski definition) is 12. The van der Waals surface area contributed by atoms with Crippen LogP contribution in [0.15, 0.2) is 79.0 Å². The van der Waals surface area contributed by atoms with E-state index in [9.17, 15) is 23.6 Å². The van der Waals surface area contributed by atoms with Gasteiger partial charge in [0.2, 0.25) is 11.8 Å². The molecular weight excluding hydrogens is 756 g/mol. The SMILES string of the molecule is O=C1CCC(N2C(=O)c3ccc(N4CCOC(CN5CCN(c6cccc(-c7cnc8ccc(N9CCC[C@@H]9c9cccc(F)c9)nn78)n6)CC5)C4)cc3C2=O)C(=O)N1. The maximum atomic E-state index is 14.1. The van der Waals surface area contributed by atoms with Crippen LogP contribution >= 0.6 is 0 Å². The molecule has 302 valence electrons. The summed E-state index contributed by atoms with van der Waals surface area (Å²) in [6.07, 6.45) is 3.89. The Labute approximate surface area is 339 Å². The number of nitrogens with one attached hydrogen (secondary N) is 1. The van der Waals surface area contributed by atoms with E-state index in [0.717, 1.165) is 96.9 Å². The number of nitrogens with zero attached hydrogens (tertiary/aromatic N) is 9. The van der Waals surface area contributed by atoms with Gasteiger partial charge in [0.1, 0.15) is 29.2 Å². The average Bonchev–Trinajstić information content (AvgIpc) is 3.98. The number of halogens is 1. The molecule has 5 aliphatic heterocycles. The summed E-state index contributed by atoms with van der Waals surface area (Å²) < 4.78 is 22.2. The highest BCUT2D eigenvalue weighted by Gasteiger charge is 2.45. The minimum Gasteiger partial charge on any atom is -0.373 e. The largest absolute Gasteiger partial charge is 0.373 e. The van der Waals surface area contributed by atoms with Crippen molar-refractivity contribution in [2.75, 3.05) is 73.7 Å². The van der Waals surface area contributed by atoms with Crippen molar-refractivity contribution in [1.82, 2.24) is 34.7 Å². The number of anilines is 3. The highest BCUT2D eigenvalue weighted by molar-refractivity contribution is 6.23. The number of piperidine rings is 1. The molecule has 0 saturated carbocycles. The number of morpholine rings is 1. The fraction of sp³-hybridized carbons (Fsp3) is 0.372. The van der Waals surface area contributed by atoms with Crippen LogP contribution in [0.25, 0.3) is 17.0 Å². The number of carbonyl (C=O) groups is 4. The van der Waals surface area contributed by atoms with Crippen LogP contribution < -0.4 is 20.0 Å². The summed E-state index contributed by atoms with van der Waals surface area (Å²) in [7, 11) is 0. The topological polar surface area (TPSA) is 149 Å². The number of rotatable bonds is 8. The molecule has 5 aliphatic rings. The summed E-state index contributed by atoms with van der Waals surface area (Å²) in [5.41, 5.74) is 4.62. The molecule has 16 heteroatoms. The van der Waals surface area contributed by atoms with Crippen molar-refractivity contribution in [3.05, 3.63) is 102 Å². The molecule has 8 heterocycles. The average molecular weight is 799 g/mol. The van der Waals surface area contributed by atoms with E-state index >= 15 is 0 Å². The minimum atomic E-state index is -0.996. The zero-order valence-electron chi connectivity index (χ0n) is 32.4. The van der Waals surface area contributed by atoms with E-state index in [-0.39, 0.29) is 41.9 Å². The predicted molar refractivity (Wildman–Crippen MR) is 216 cm³/mol. The zero-order chi connectivity index (χ0) is 40.2. The van der Waals surface area contributed by atoms with Crippen LogP contribution in [0, 0.1) is 5.82 Å². The van der Waals surface area contributed by atoms with Crippen molar-refractivity contribution in [2.24, 2.45) is 0 Å². The van der Waals surface area contributed by atoms with Gasteiger partial charge in [0.25, 0.3) is 11.8 Å². The number of benzene rings is 2. The molecule has 0 aliphatic carbocycles. The smallest absolute Gasteiger partial charge is 0.262 e. The van der Waals surface area contributed by atoms with E-state index in [4.69, 9.17) is 14.8 Å². The van der Waals surface area contributed by atoms with Crippen LogP contribution in [0.2, 0.25) is 0 Å². The van der Waals surface area contributed by atoms with Crippen LogP contribution in [-0.2, 0) is 14.3 Å². The second-order valence-corrected chi connectivity index (χ2v) is 15.8. The third kappa shape index (κ3) is 6.95. The van der Waals surface area contributed by atoms with Crippen molar-refractivity contribution in [2.45, 2.75) is 43.9 Å². The second kappa shape index (κ2) is 15.2. The van der Waals surface area contributed by atoms with Crippen molar-refractivity contribution in [1.29, 1.82) is 0 Å². The Bertz CT molecular complexity index is 2490. The normalized spacial score (nSPS) is 22.8. The summed E-state index contributed by atoms with van der Waals surface area (Å²) in [4.78, 5) is 70.7. The molecule has 5 aromatic rings. The van der Waals surface area contributed by atoms with E-state index in [1.54, 1.807) is 24.3 Å². The molecule has 2 unspecified atom stereocenters. The van der Waals surface area contributed by atoms with Crippen molar-refractivity contribution in [3.63, 3.8) is 0 Å². The molecule has 3 atom stereocenters. The zero-order valence-corrected chi connectivity index (χ0v) is 32.4. The predicted octanol–water partition coefficient (Wildman–Crippen LogP) is 3.70. The van der Waals surface area contributed by atoms with E-state index in [1.165, 1.54) is 6.07 Å². The van der Waals surface area contributed by atoms with Crippen LogP contribution in [-0.4, -0.2) is 124 Å². The number of hydrogen-bond donors (Lipinski definition) is 1. The molecule has 2 aromatic carbocycles. The molecule has 15 nitrogen and oxygen atoms in total. The van der Waals surface area contributed by atoms with Crippen molar-refractivity contribution in [3.8, 4) is 11.4 Å². The molecule has 0 spiro atoms. The Morgan fingerprint density at radius 1 is 0.797 bits per heavy atom. The van der Waals surface area contributed by atoms with Crippen molar-refractivity contribution < 1.29 is 28.3 Å². The lowest BCUT2D eigenvalue weighted by Gasteiger charge is -2.40. The highest BCUT2D eigenvalue weighted by Crippen LogP contribution is 2.36. The summed E-state index contributed by atoms with van der Waals surface area (Å²) in [6, 6.07) is 21.1. The molecule has 1 N–H and O–H groups in total. The lowest BCUT2D eigenvalue weighted by atomic mass is 10.0. The molecule has 4 amide bonds. The molecule has 4 fully saturated rings. The first-order chi connectivity index (χ1) is 28.8. The van der Waals surface area contributed by atoms with Gasteiger partial charge in [-0.1, -0.05) is 18.2 Å². The molecule has 0 radical (unpaired) electrons. The van der Waals surface area contributed by atoms with Gasteiger partial charge in [0.15, 0.2) is 5.65 Å². The quantitative estimate of drug-likeness (QED) is 0.228. The summed E-state index contributed by atoms with van der Waals surface area (Å²) in [5.74, 6) is -0.570. The van der Waals surface area contributed by atoms with Crippen LogP contribution in [0.3, 0.4) is 0 Å². The maximum absolute atomic E-state index is 14.1. The number of imidazole rings is 1. The first kappa shape index (κ1) is 37.0. The highest BCUT2D eigenvalue weighted by atomic mass is 19.1. The van der Waals surface area contributed by atoms with Crippen LogP contribution in [0.5, 0.6) is 0 Å². The van der Waals surface area contributed by atoms with Gasteiger partial charge in [0.05, 0.1) is 41.8 Å². The third-order valence-electron chi connectivity index (χ3n) is 12.2. The number of piperazine rings is 1. The van der Waals surface area contributed by atoms with Gasteiger partial charge in [-0.15, -0.1) is 5.10 Å². The third-order valence-corrected chi connectivity index (χ3v) is 12.2. The summed E-state index contributed by atoms with van der Waals surface area (Å²) in [6.45, 7) is 6.63. The Hall–Kier alpha value is -6.26. The van der Waals surface area contributed by atoms with Crippen LogP contribution in [0.4, 0.5) is 21.7 Å². The van der Waals surface area contributed by atoms with Gasteiger partial charge < -0.3 is 19.4 Å². The lowest BCUT2D eigenvalue weighted by molar-refractivity contribution is -0.136. The Morgan fingerprint density at radius 3 is 2.49 bits per heavy atom. The fourth-order valence-corrected chi connectivity index (χ4v) is 9.20. The van der Waals surface area contributed by atoms with E-state index < -0.39 is 29.7 Å². The van der Waals surface area contributed by atoms with Gasteiger partial charge in [0, 0.05) is 64.5 Å². The van der Waals surface area contributed by atoms with Crippen molar-refractivity contribution >= 4 is 46.6 Å². The summed E-state index contributed by atoms with van der Waals surface area (Å²) in [5, 5.41) is 7.27. The number of ether oxygens (including phenoxy) is 1. The van der Waals surface area contributed by atoms with Gasteiger partial charge >= 0.3 is 0 Å². The van der Waals surface area contributed by atoms with Gasteiger partial charge in [-0.05, 0) is 79.4 Å². The number of carbonyl (C=O) groups excluding carboxylic acids is 4. The first-order valence-electron chi connectivity index (χ1n) is 20.3. The van der Waals surface area contributed by atoms with Gasteiger partial charge in [-0.3, -0.25) is 34.3 Å². The van der Waals surface area contributed by atoms with E-state index in [0.29, 0.717) is 19.7 Å². The van der Waals surface area contributed by atoms with E-state index in [1.807, 2.05) is 53.2 Å². The van der Waals surface area contributed by atoms with Gasteiger partial charge in [-0.25, -0.2) is 18.9 Å². The second-order valence-electron chi connectivity index (χ2n) is 15.8. The Morgan fingerprint density at radius 2 is 1.64 bits per heavy atom. The Balaban J connectivity index is 0.774. The monoisotopic (exact) mass is 798 g/mol. The number of aromatic nitrogens is 4. The Kier molecular flexibility index (Phi) is 9.52. The number of fused-ring (bicyclic) bond motifs is 2. The van der Waals surface area contributed by atoms with E-state index in [2.05, 4.69) is 29.9 Å². The lowest BCUT2D eigenvalue weighted by Crippen LogP contribution is -2.54. The van der Waals surface area contributed by atoms with Gasteiger partial charge in [-0.2, -0.15) is 0 Å². The molecule has 0 bridgehead atoms. The summed E-state index contributed by atoms with van der Waals surface area (Å²) >= 11 is 0. The standard InChI is InChI=1S/C43H43FN10O5/c44-28-5-1-4-27(22-28)34-7-3-15-52(34)39-13-12-37-45-24-36(54(37)48-39)33-6-2-8-38(46-33)50-18-16-49(17-19-50)25-30-26-51(20-21-59-30)29-9-10-31-32(23-29)43(58)53(42(31)57)35-11-14-40(55)47-41(35)56/h1-2,4-6,8-10,12-13,22-24,30,34-35H,3,7,11,14-21,25-26H2,(H,47,55,56)/t30?,34-,35?/m1/s1. The molecule has 59 heavy (non-hydrogen) atoms. The first-order valence-corrected chi connectivity index (χ1v) is 20.3. The fourth-order valence-electron chi connectivity index (χ4n) is 9.20. The van der Waals surface area contributed by atoms with Crippen LogP contribution in [0.1, 0.15) is 58.0 Å². The molecule has 10 rings (SSSR count). The maximum Gasteiger partial charge on any atom is 0.262 e. The number of imide groups is 2. The molecular formula is C43H43FN10O5.